The molecule has 4 rings (SSSR count). The molecule has 2 aromatic rings. The highest BCUT2D eigenvalue weighted by atomic mass is 16.6. The van der Waals surface area contributed by atoms with Crippen LogP contribution >= 0.6 is 0 Å². The third kappa shape index (κ3) is 5.79. The van der Waals surface area contributed by atoms with Crippen LogP contribution in [0.1, 0.15) is 66.8 Å². The number of nitrogens with zero attached hydrogens (tertiary/aromatic N) is 1. The van der Waals surface area contributed by atoms with Crippen molar-refractivity contribution in [2.75, 3.05) is 0 Å². The smallest absolute Gasteiger partial charge is 0.408 e. The molecule has 0 bridgehead atoms. The van der Waals surface area contributed by atoms with Gasteiger partial charge in [-0.2, -0.15) is 0 Å². The molecule has 37 heavy (non-hydrogen) atoms. The number of benzene rings is 2. The number of hydrogen-bond acceptors (Lipinski definition) is 7. The molecule has 0 aromatic heterocycles. The van der Waals surface area contributed by atoms with Crippen molar-refractivity contribution in [3.63, 3.8) is 0 Å². The minimum Gasteiger partial charge on any atom is -0.459 e. The first-order chi connectivity index (χ1) is 17.5. The maximum Gasteiger partial charge on any atom is 0.408 e. The maximum absolute atomic E-state index is 13.0. The van der Waals surface area contributed by atoms with Crippen LogP contribution in [0, 0.1) is 0 Å². The van der Waals surface area contributed by atoms with Crippen LogP contribution in [0.5, 0.6) is 0 Å². The molecule has 2 aliphatic heterocycles. The maximum atomic E-state index is 13.0. The van der Waals surface area contributed by atoms with Gasteiger partial charge in [0, 0.05) is 18.5 Å². The van der Waals surface area contributed by atoms with Crippen molar-refractivity contribution in [1.82, 2.24) is 15.5 Å². The molecule has 0 aliphatic carbocycles. The van der Waals surface area contributed by atoms with Crippen LogP contribution in [0.25, 0.3) is 0 Å². The highest BCUT2D eigenvalue weighted by Gasteiger charge is 2.39. The fraction of sp³-hybridized carbons (Fsp3) is 0.370. The number of carbonyl (C=O) groups excluding carboxylic acids is 5. The lowest BCUT2D eigenvalue weighted by atomic mass is 10.0. The molecule has 2 aliphatic rings. The summed E-state index contributed by atoms with van der Waals surface area (Å²) in [5.41, 5.74) is 1.24. The van der Waals surface area contributed by atoms with Gasteiger partial charge in [-0.25, -0.2) is 9.59 Å². The van der Waals surface area contributed by atoms with Crippen LogP contribution in [0.2, 0.25) is 0 Å². The van der Waals surface area contributed by atoms with Gasteiger partial charge in [-0.1, -0.05) is 42.5 Å². The number of hydrogen-bond donors (Lipinski definition) is 2. The molecule has 10 heteroatoms. The predicted molar refractivity (Wildman–Crippen MR) is 131 cm³/mol. The summed E-state index contributed by atoms with van der Waals surface area (Å²) in [6.07, 6.45) is -1.08. The second-order valence-electron chi connectivity index (χ2n) is 9.68. The summed E-state index contributed by atoms with van der Waals surface area (Å²) in [7, 11) is 0. The SMILES string of the molecule is CC(OC(=O)NC(C)(C)C(=O)OCc1ccccc1)c1ccc2c(c1)C(=O)N(C1CCC(=O)NC1=O)C2. The Morgan fingerprint density at radius 1 is 1.14 bits per heavy atom. The van der Waals surface area contributed by atoms with E-state index in [4.69, 9.17) is 9.47 Å². The monoisotopic (exact) mass is 507 g/mol. The molecule has 0 spiro atoms. The number of piperidine rings is 1. The Morgan fingerprint density at radius 3 is 2.57 bits per heavy atom. The summed E-state index contributed by atoms with van der Waals surface area (Å²) in [6.45, 7) is 5.03. The molecule has 2 N–H and O–H groups in total. The van der Waals surface area contributed by atoms with E-state index in [-0.39, 0.29) is 37.8 Å². The van der Waals surface area contributed by atoms with E-state index in [1.807, 2.05) is 30.3 Å². The average molecular weight is 508 g/mol. The Balaban J connectivity index is 1.35. The second kappa shape index (κ2) is 10.4. The predicted octanol–water partition coefficient (Wildman–Crippen LogP) is 2.76. The summed E-state index contributed by atoms with van der Waals surface area (Å²) < 4.78 is 10.8. The van der Waals surface area contributed by atoms with Crippen LogP contribution in [-0.4, -0.2) is 46.3 Å². The molecule has 2 aromatic carbocycles. The van der Waals surface area contributed by atoms with Crippen molar-refractivity contribution in [3.8, 4) is 0 Å². The Bertz CT molecular complexity index is 1240. The summed E-state index contributed by atoms with van der Waals surface area (Å²) in [4.78, 5) is 63.2. The van der Waals surface area contributed by atoms with Gasteiger partial charge in [-0.05, 0) is 49.9 Å². The van der Waals surface area contributed by atoms with E-state index in [0.717, 1.165) is 11.1 Å². The number of carbonyl (C=O) groups is 5. The van der Waals surface area contributed by atoms with Gasteiger partial charge in [-0.15, -0.1) is 0 Å². The summed E-state index contributed by atoms with van der Waals surface area (Å²) in [6, 6.07) is 13.6. The lowest BCUT2D eigenvalue weighted by Gasteiger charge is -2.29. The number of ether oxygens (including phenoxy) is 2. The van der Waals surface area contributed by atoms with E-state index < -0.39 is 35.7 Å². The van der Waals surface area contributed by atoms with E-state index in [1.165, 1.54) is 18.7 Å². The molecule has 2 heterocycles. The molecule has 2 atom stereocenters. The van der Waals surface area contributed by atoms with E-state index in [9.17, 15) is 24.0 Å². The zero-order valence-corrected chi connectivity index (χ0v) is 20.9. The average Bonchev–Trinajstić information content (AvgIpc) is 3.18. The lowest BCUT2D eigenvalue weighted by Crippen LogP contribution is -2.52. The van der Waals surface area contributed by atoms with Crippen LogP contribution in [0.3, 0.4) is 0 Å². The molecule has 1 fully saturated rings. The highest BCUT2D eigenvalue weighted by molar-refractivity contribution is 6.05. The third-order valence-electron chi connectivity index (χ3n) is 6.44. The zero-order valence-electron chi connectivity index (χ0n) is 20.9. The van der Waals surface area contributed by atoms with Crippen molar-refractivity contribution < 1.29 is 33.4 Å². The lowest BCUT2D eigenvalue weighted by molar-refractivity contribution is -0.151. The Morgan fingerprint density at radius 2 is 1.86 bits per heavy atom. The normalized spacial score (nSPS) is 18.1. The number of esters is 1. The first-order valence-electron chi connectivity index (χ1n) is 12.0. The second-order valence-corrected chi connectivity index (χ2v) is 9.68. The molecule has 0 saturated carbocycles. The number of nitrogens with one attached hydrogen (secondary N) is 2. The Kier molecular flexibility index (Phi) is 7.28. The molecule has 194 valence electrons. The molecule has 1 saturated heterocycles. The van der Waals surface area contributed by atoms with Crippen LogP contribution in [0.15, 0.2) is 48.5 Å². The fourth-order valence-corrected chi connectivity index (χ4v) is 4.29. The third-order valence-corrected chi connectivity index (χ3v) is 6.44. The number of alkyl carbamates (subject to hydrolysis) is 1. The van der Waals surface area contributed by atoms with Gasteiger partial charge >= 0.3 is 12.1 Å². The summed E-state index contributed by atoms with van der Waals surface area (Å²) in [5.74, 6) is -1.75. The van der Waals surface area contributed by atoms with Gasteiger partial charge in [-0.3, -0.25) is 19.7 Å². The van der Waals surface area contributed by atoms with Gasteiger partial charge in [0.05, 0.1) is 0 Å². The van der Waals surface area contributed by atoms with Crippen molar-refractivity contribution in [3.05, 3.63) is 70.8 Å². The van der Waals surface area contributed by atoms with Crippen molar-refractivity contribution in [1.29, 1.82) is 0 Å². The summed E-state index contributed by atoms with van der Waals surface area (Å²) >= 11 is 0. The van der Waals surface area contributed by atoms with E-state index in [0.29, 0.717) is 11.1 Å². The molecule has 10 nitrogen and oxygen atoms in total. The molecular formula is C27H29N3O7. The van der Waals surface area contributed by atoms with Crippen LogP contribution < -0.4 is 10.6 Å². The van der Waals surface area contributed by atoms with Crippen LogP contribution in [0.4, 0.5) is 4.79 Å². The largest absolute Gasteiger partial charge is 0.459 e. The molecule has 2 unspecified atom stereocenters. The van der Waals surface area contributed by atoms with Gasteiger partial charge < -0.3 is 19.7 Å². The Labute approximate surface area is 214 Å². The topological polar surface area (TPSA) is 131 Å². The number of fused-ring (bicyclic) bond motifs is 1. The standard InChI is InChI=1S/C27H29N3O7/c1-16(37-26(35)29-27(2,3)25(34)36-15-17-7-5-4-6-8-17)18-9-10-19-14-30(24(33)20(19)13-18)21-11-12-22(31)28-23(21)32/h4-10,13,16,21H,11-12,14-15H2,1-3H3,(H,29,35)(H,28,31,32). The minimum atomic E-state index is -1.33. The van der Waals surface area contributed by atoms with Gasteiger partial charge in [0.15, 0.2) is 0 Å². The van der Waals surface area contributed by atoms with E-state index in [2.05, 4.69) is 10.6 Å². The van der Waals surface area contributed by atoms with Crippen molar-refractivity contribution in [2.24, 2.45) is 0 Å². The van der Waals surface area contributed by atoms with E-state index >= 15 is 0 Å². The van der Waals surface area contributed by atoms with E-state index in [1.54, 1.807) is 25.1 Å². The van der Waals surface area contributed by atoms with Crippen LogP contribution in [-0.2, 0) is 37.0 Å². The number of imide groups is 1. The van der Waals surface area contributed by atoms with Gasteiger partial charge in [0.1, 0.15) is 24.3 Å². The van der Waals surface area contributed by atoms with Crippen molar-refractivity contribution in [2.45, 2.75) is 64.4 Å². The number of amides is 4. The van der Waals surface area contributed by atoms with Crippen molar-refractivity contribution >= 4 is 29.8 Å². The quantitative estimate of drug-likeness (QED) is 0.435. The number of rotatable bonds is 7. The first kappa shape index (κ1) is 25.9. The molecule has 0 radical (unpaired) electrons. The van der Waals surface area contributed by atoms with Gasteiger partial charge in [0.2, 0.25) is 11.8 Å². The summed E-state index contributed by atoms with van der Waals surface area (Å²) in [5, 5.41) is 4.81. The minimum absolute atomic E-state index is 0.0786. The zero-order chi connectivity index (χ0) is 26.7. The molecular weight excluding hydrogens is 478 g/mol. The Hall–Kier alpha value is -4.21. The first-order valence-corrected chi connectivity index (χ1v) is 12.0. The highest BCUT2D eigenvalue weighted by Crippen LogP contribution is 2.30. The van der Waals surface area contributed by atoms with Gasteiger partial charge in [0.25, 0.3) is 5.91 Å². The molecule has 4 amide bonds. The fourth-order valence-electron chi connectivity index (χ4n) is 4.29.